The van der Waals surface area contributed by atoms with Crippen LogP contribution < -0.4 is 0 Å². The van der Waals surface area contributed by atoms with Gasteiger partial charge < -0.3 is 9.84 Å². The Labute approximate surface area is 104 Å². The van der Waals surface area contributed by atoms with Crippen LogP contribution >= 0.6 is 0 Å². The van der Waals surface area contributed by atoms with Crippen molar-refractivity contribution in [3.05, 3.63) is 38.4 Å². The van der Waals surface area contributed by atoms with E-state index in [9.17, 15) is 20.0 Å². The van der Waals surface area contributed by atoms with Gasteiger partial charge in [0, 0.05) is 16.7 Å². The Balaban J connectivity index is 3.48. The standard InChI is InChI=1S/C12H15NO5/c1-6-5-9(11(14)12(15)18-4)8(3)10(7(6)2)13(16)17/h5,11,14H,1-4H3. The molecular formula is C12H15NO5. The van der Waals surface area contributed by atoms with E-state index in [0.29, 0.717) is 11.1 Å². The Morgan fingerprint density at radius 2 is 1.94 bits per heavy atom. The lowest BCUT2D eigenvalue weighted by Gasteiger charge is -2.14. The molecule has 0 spiro atoms. The zero-order valence-corrected chi connectivity index (χ0v) is 10.7. The number of aliphatic hydroxyl groups is 1. The summed E-state index contributed by atoms with van der Waals surface area (Å²) < 4.78 is 4.43. The van der Waals surface area contributed by atoms with Crippen LogP contribution in [0.4, 0.5) is 5.69 Å². The highest BCUT2D eigenvalue weighted by atomic mass is 16.6. The van der Waals surface area contributed by atoms with E-state index < -0.39 is 17.0 Å². The van der Waals surface area contributed by atoms with Crippen LogP contribution in [0.5, 0.6) is 0 Å². The topological polar surface area (TPSA) is 89.7 Å². The maximum absolute atomic E-state index is 11.3. The highest BCUT2D eigenvalue weighted by molar-refractivity contribution is 5.77. The highest BCUT2D eigenvalue weighted by Gasteiger charge is 2.27. The Hall–Kier alpha value is -1.95. The Kier molecular flexibility index (Phi) is 4.03. The monoisotopic (exact) mass is 253 g/mol. The average molecular weight is 253 g/mol. The lowest BCUT2D eigenvalue weighted by atomic mass is 9.95. The van der Waals surface area contributed by atoms with Gasteiger partial charge in [-0.05, 0) is 26.3 Å². The Morgan fingerprint density at radius 3 is 2.39 bits per heavy atom. The first-order chi connectivity index (χ1) is 8.31. The maximum Gasteiger partial charge on any atom is 0.339 e. The number of nitro benzene ring substituents is 1. The first-order valence-electron chi connectivity index (χ1n) is 5.32. The van der Waals surface area contributed by atoms with Crippen LogP contribution in [0.15, 0.2) is 6.07 Å². The fourth-order valence-electron chi connectivity index (χ4n) is 1.85. The lowest BCUT2D eigenvalue weighted by Crippen LogP contribution is -2.16. The molecule has 0 aromatic heterocycles. The largest absolute Gasteiger partial charge is 0.467 e. The summed E-state index contributed by atoms with van der Waals surface area (Å²) in [5.74, 6) is -0.837. The van der Waals surface area contributed by atoms with Crippen molar-refractivity contribution in [2.45, 2.75) is 26.9 Å². The van der Waals surface area contributed by atoms with Gasteiger partial charge in [-0.2, -0.15) is 0 Å². The molecule has 6 nitrogen and oxygen atoms in total. The third-order valence-corrected chi connectivity index (χ3v) is 3.01. The quantitative estimate of drug-likeness (QED) is 0.503. The van der Waals surface area contributed by atoms with Crippen LogP contribution in [0.25, 0.3) is 0 Å². The van der Waals surface area contributed by atoms with E-state index in [1.54, 1.807) is 19.9 Å². The predicted molar refractivity (Wildman–Crippen MR) is 64.3 cm³/mol. The van der Waals surface area contributed by atoms with Gasteiger partial charge in [-0.25, -0.2) is 4.79 Å². The van der Waals surface area contributed by atoms with Crippen LogP contribution in [0.1, 0.15) is 28.4 Å². The van der Waals surface area contributed by atoms with Crippen LogP contribution in [-0.4, -0.2) is 23.1 Å². The average Bonchev–Trinajstić information content (AvgIpc) is 2.31. The van der Waals surface area contributed by atoms with Crippen molar-refractivity contribution in [1.82, 2.24) is 0 Å². The number of rotatable bonds is 3. The van der Waals surface area contributed by atoms with Gasteiger partial charge in [0.1, 0.15) is 0 Å². The molecule has 1 aromatic carbocycles. The van der Waals surface area contributed by atoms with Crippen molar-refractivity contribution in [2.75, 3.05) is 7.11 Å². The second-order valence-corrected chi connectivity index (χ2v) is 4.06. The summed E-state index contributed by atoms with van der Waals surface area (Å²) >= 11 is 0. The molecule has 0 heterocycles. The Morgan fingerprint density at radius 1 is 1.39 bits per heavy atom. The number of methoxy groups -OCH3 is 1. The van der Waals surface area contributed by atoms with Crippen LogP contribution in [0.3, 0.4) is 0 Å². The van der Waals surface area contributed by atoms with Crippen molar-refractivity contribution in [3.63, 3.8) is 0 Å². The van der Waals surface area contributed by atoms with Crippen LogP contribution in [0, 0.1) is 30.9 Å². The molecule has 1 unspecified atom stereocenters. The van der Waals surface area contributed by atoms with Crippen LogP contribution in [0.2, 0.25) is 0 Å². The number of hydrogen-bond donors (Lipinski definition) is 1. The smallest absolute Gasteiger partial charge is 0.339 e. The summed E-state index contributed by atoms with van der Waals surface area (Å²) in [5.41, 5.74) is 1.58. The molecule has 0 saturated heterocycles. The Bertz CT molecular complexity index is 510. The molecular weight excluding hydrogens is 238 g/mol. The van der Waals surface area contributed by atoms with Gasteiger partial charge in [-0.1, -0.05) is 6.07 Å². The zero-order chi connectivity index (χ0) is 14.0. The van der Waals surface area contributed by atoms with Gasteiger partial charge in [0.15, 0.2) is 6.10 Å². The van der Waals surface area contributed by atoms with E-state index in [1.807, 2.05) is 0 Å². The number of aryl methyl sites for hydroxylation is 1. The molecule has 0 amide bonds. The number of ether oxygens (including phenoxy) is 1. The number of aliphatic hydroxyl groups excluding tert-OH is 1. The third-order valence-electron chi connectivity index (χ3n) is 3.01. The molecule has 0 radical (unpaired) electrons. The van der Waals surface area contributed by atoms with Crippen molar-refractivity contribution >= 4 is 11.7 Å². The van der Waals surface area contributed by atoms with E-state index >= 15 is 0 Å². The molecule has 1 aromatic rings. The summed E-state index contributed by atoms with van der Waals surface area (Å²) in [6.45, 7) is 4.83. The van der Waals surface area contributed by atoms with E-state index in [4.69, 9.17) is 0 Å². The predicted octanol–water partition coefficient (Wildman–Crippen LogP) is 1.73. The SMILES string of the molecule is COC(=O)C(O)c1cc(C)c(C)c([N+](=O)[O-])c1C. The second kappa shape index (κ2) is 5.14. The van der Waals surface area contributed by atoms with Crippen molar-refractivity contribution in [1.29, 1.82) is 0 Å². The minimum Gasteiger partial charge on any atom is -0.467 e. The number of nitro groups is 1. The van der Waals surface area contributed by atoms with Gasteiger partial charge in [-0.3, -0.25) is 10.1 Å². The second-order valence-electron chi connectivity index (χ2n) is 4.06. The normalized spacial score (nSPS) is 12.1. The first-order valence-corrected chi connectivity index (χ1v) is 5.32. The molecule has 98 valence electrons. The van der Waals surface area contributed by atoms with Crippen LogP contribution in [-0.2, 0) is 9.53 Å². The molecule has 0 bridgehead atoms. The van der Waals surface area contributed by atoms with Gasteiger partial charge in [0.05, 0.1) is 12.0 Å². The molecule has 1 rings (SSSR count). The summed E-state index contributed by atoms with van der Waals surface area (Å²) in [5, 5.41) is 20.8. The van der Waals surface area contributed by atoms with E-state index in [-0.39, 0.29) is 16.8 Å². The van der Waals surface area contributed by atoms with Gasteiger partial charge in [0.2, 0.25) is 0 Å². The number of nitrogens with zero attached hydrogens (tertiary/aromatic N) is 1. The van der Waals surface area contributed by atoms with Gasteiger partial charge >= 0.3 is 5.97 Å². The fraction of sp³-hybridized carbons (Fsp3) is 0.417. The van der Waals surface area contributed by atoms with E-state index in [0.717, 1.165) is 7.11 Å². The molecule has 1 N–H and O–H groups in total. The zero-order valence-electron chi connectivity index (χ0n) is 10.7. The van der Waals surface area contributed by atoms with Crippen molar-refractivity contribution in [2.24, 2.45) is 0 Å². The molecule has 1 atom stereocenters. The molecule has 0 aliphatic heterocycles. The first kappa shape index (κ1) is 14.1. The van der Waals surface area contributed by atoms with E-state index in [2.05, 4.69) is 4.74 Å². The number of hydrogen-bond acceptors (Lipinski definition) is 5. The molecule has 0 fully saturated rings. The lowest BCUT2D eigenvalue weighted by molar-refractivity contribution is -0.386. The summed E-state index contributed by atoms with van der Waals surface area (Å²) in [7, 11) is 1.15. The number of carbonyl (C=O) groups excluding carboxylic acids is 1. The van der Waals surface area contributed by atoms with Gasteiger partial charge in [-0.15, -0.1) is 0 Å². The van der Waals surface area contributed by atoms with E-state index in [1.165, 1.54) is 6.92 Å². The summed E-state index contributed by atoms with van der Waals surface area (Å²) in [6.07, 6.45) is -1.51. The molecule has 0 aliphatic rings. The third kappa shape index (κ3) is 2.33. The minimum atomic E-state index is -1.51. The highest BCUT2D eigenvalue weighted by Crippen LogP contribution is 2.32. The molecule has 0 aliphatic carbocycles. The minimum absolute atomic E-state index is 0.0760. The maximum atomic E-state index is 11.3. The molecule has 18 heavy (non-hydrogen) atoms. The molecule has 6 heteroatoms. The summed E-state index contributed by atoms with van der Waals surface area (Å²) in [6, 6.07) is 1.57. The number of carbonyl (C=O) groups is 1. The fourth-order valence-corrected chi connectivity index (χ4v) is 1.85. The number of benzene rings is 1. The molecule has 0 saturated carbocycles. The van der Waals surface area contributed by atoms with Crippen molar-refractivity contribution < 1.29 is 19.6 Å². The number of esters is 1. The summed E-state index contributed by atoms with van der Waals surface area (Å²) in [4.78, 5) is 21.8. The van der Waals surface area contributed by atoms with Gasteiger partial charge in [0.25, 0.3) is 5.69 Å². The van der Waals surface area contributed by atoms with Crippen molar-refractivity contribution in [3.8, 4) is 0 Å².